The first-order valence-corrected chi connectivity index (χ1v) is 18.3. The maximum atomic E-state index is 16.3. The number of alkyl halides is 2. The van der Waals surface area contributed by atoms with Gasteiger partial charge in [0.05, 0.1) is 36.9 Å². The SMILES string of the molecule is [B]P1(=O)OC[C@@]2(C)O[C@@H](n3cnc4cc(C)c(Cl)cc43)[C@@H](F)C2OP(O)(=S)OC[C@H]2O[C@@H](n3cnc4c(N)ncnc43)C(F)[C@H]2O1. The maximum Gasteiger partial charge on any atom is 0.325 e. The van der Waals surface area contributed by atoms with Gasteiger partial charge in [-0.1, -0.05) is 11.6 Å². The highest BCUT2D eigenvalue weighted by atomic mass is 35.5. The van der Waals surface area contributed by atoms with E-state index in [0.29, 0.717) is 16.1 Å². The van der Waals surface area contributed by atoms with Crippen LogP contribution >= 0.6 is 25.8 Å². The highest BCUT2D eigenvalue weighted by Crippen LogP contribution is 2.56. The van der Waals surface area contributed by atoms with E-state index in [1.807, 2.05) is 0 Å². The van der Waals surface area contributed by atoms with Crippen molar-refractivity contribution in [3.63, 3.8) is 0 Å². The van der Waals surface area contributed by atoms with Crippen molar-refractivity contribution in [3.05, 3.63) is 41.7 Å². The zero-order valence-electron chi connectivity index (χ0n) is 23.9. The van der Waals surface area contributed by atoms with E-state index in [0.717, 1.165) is 11.9 Å². The van der Waals surface area contributed by atoms with Gasteiger partial charge in [-0.25, -0.2) is 28.7 Å². The van der Waals surface area contributed by atoms with Crippen LogP contribution in [0.15, 0.2) is 31.1 Å². The van der Waals surface area contributed by atoms with Crippen molar-refractivity contribution in [2.24, 2.45) is 0 Å². The number of imidazole rings is 2. The van der Waals surface area contributed by atoms with Crippen LogP contribution in [0.1, 0.15) is 24.9 Å². The fraction of sp³-hybridized carbons (Fsp3) is 0.500. The van der Waals surface area contributed by atoms with Crippen molar-refractivity contribution in [2.75, 3.05) is 18.9 Å². The van der Waals surface area contributed by atoms with Gasteiger partial charge in [0.25, 0.3) is 7.47 Å². The predicted octanol–water partition coefficient (Wildman–Crippen LogP) is 3.59. The molecule has 7 rings (SSSR count). The number of nitrogens with two attached hydrogens (primary N) is 1. The summed E-state index contributed by atoms with van der Waals surface area (Å²) in [5.41, 5.74) is 6.14. The van der Waals surface area contributed by atoms with Crippen molar-refractivity contribution in [1.29, 1.82) is 0 Å². The Hall–Kier alpha value is -2.15. The van der Waals surface area contributed by atoms with Crippen LogP contribution in [0.3, 0.4) is 0 Å². The minimum Gasteiger partial charge on any atom is -0.382 e. The molecule has 0 aliphatic carbocycles. The van der Waals surface area contributed by atoms with Crippen LogP contribution in [0, 0.1) is 6.92 Å². The first kappa shape index (κ1) is 32.4. The molecule has 22 heteroatoms. The minimum atomic E-state index is -4.60. The zero-order valence-corrected chi connectivity index (χ0v) is 27.3. The number of aromatic nitrogens is 6. The van der Waals surface area contributed by atoms with Crippen LogP contribution in [0.25, 0.3) is 22.2 Å². The molecular weight excluding hydrogens is 693 g/mol. The molecule has 244 valence electrons. The molecule has 3 aliphatic rings. The van der Waals surface area contributed by atoms with Crippen LogP contribution in [-0.4, -0.2) is 91.0 Å². The summed E-state index contributed by atoms with van der Waals surface area (Å²) >= 11 is 11.5. The van der Waals surface area contributed by atoms with Crippen molar-refractivity contribution < 1.29 is 45.8 Å². The molecule has 46 heavy (non-hydrogen) atoms. The second-order valence-electron chi connectivity index (χ2n) is 11.3. The molecule has 1 aromatic carbocycles. The molecule has 2 radical (unpaired) electrons. The molecule has 10 atom stereocenters. The fourth-order valence-corrected chi connectivity index (χ4v) is 8.47. The molecule has 0 spiro atoms. The third-order valence-corrected chi connectivity index (χ3v) is 11.0. The molecule has 3 fully saturated rings. The second-order valence-corrected chi connectivity index (χ2v) is 16.0. The van der Waals surface area contributed by atoms with Crippen molar-refractivity contribution >= 4 is 73.2 Å². The van der Waals surface area contributed by atoms with Crippen molar-refractivity contribution in [3.8, 4) is 0 Å². The van der Waals surface area contributed by atoms with Crippen molar-refractivity contribution in [1.82, 2.24) is 29.1 Å². The lowest BCUT2D eigenvalue weighted by atomic mass is 9.99. The van der Waals surface area contributed by atoms with Crippen molar-refractivity contribution in [2.45, 2.75) is 62.6 Å². The van der Waals surface area contributed by atoms with Crippen LogP contribution in [0.4, 0.5) is 14.6 Å². The number of ether oxygens (including phenoxy) is 2. The van der Waals surface area contributed by atoms with Gasteiger partial charge in [-0.05, 0) is 43.4 Å². The third kappa shape index (κ3) is 5.58. The number of hydrogen-bond acceptors (Lipinski definition) is 13. The minimum absolute atomic E-state index is 0.0519. The monoisotopic (exact) mass is 717 g/mol. The Kier molecular flexibility index (Phi) is 8.09. The Morgan fingerprint density at radius 3 is 2.67 bits per heavy atom. The molecule has 15 nitrogen and oxygen atoms in total. The van der Waals surface area contributed by atoms with E-state index in [1.54, 1.807) is 19.1 Å². The van der Waals surface area contributed by atoms with Gasteiger partial charge >= 0.3 is 6.72 Å². The lowest BCUT2D eigenvalue weighted by Crippen LogP contribution is -2.45. The van der Waals surface area contributed by atoms with E-state index in [9.17, 15) is 9.46 Å². The van der Waals surface area contributed by atoms with Crippen LogP contribution in [-0.2, 0) is 43.9 Å². The second kappa shape index (κ2) is 11.5. The number of nitrogens with zero attached hydrogens (tertiary/aromatic N) is 6. The molecule has 4 aromatic rings. The van der Waals surface area contributed by atoms with Gasteiger partial charge in [0.1, 0.15) is 35.8 Å². The Balaban J connectivity index is 1.19. The summed E-state index contributed by atoms with van der Waals surface area (Å²) in [5, 5.41) is 0.417. The van der Waals surface area contributed by atoms with Crippen LogP contribution in [0.5, 0.6) is 0 Å². The average molecular weight is 718 g/mol. The number of halogens is 3. The molecule has 0 bridgehead atoms. The standard InChI is InChI=1S/C24H25BClF2N7O8P2S/c1-10-3-12-13(4-11(10)26)34(8-32-12)23-16(28)19-24(2,41-23)6-39-44(25,36)42-18-14(5-38-45(37,46)43-19)40-22(15(18)27)35-9-33-17-20(29)30-7-31-21(17)35/h3-4,7-9,14-16,18-19,22-23H,5-6H2,1-2H3,(H,37,46)(H2,29,30,31)/t14-,15?,16+,18+,19?,22-,23-,24-,44?,45?/m1/s1. The first-order chi connectivity index (χ1) is 21.7. The van der Waals surface area contributed by atoms with Gasteiger partial charge < -0.3 is 38.2 Å². The fourth-order valence-electron chi connectivity index (χ4n) is 5.74. The summed E-state index contributed by atoms with van der Waals surface area (Å²) in [7, 11) is 1.32. The third-order valence-electron chi connectivity index (χ3n) is 8.06. The summed E-state index contributed by atoms with van der Waals surface area (Å²) < 4.78 is 82.6. The van der Waals surface area contributed by atoms with E-state index in [1.165, 1.54) is 28.7 Å². The number of aryl methyl sites for hydroxylation is 1. The number of nitrogen functional groups attached to an aromatic ring is 1. The topological polar surface area (TPSA) is 180 Å². The molecule has 0 amide bonds. The summed E-state index contributed by atoms with van der Waals surface area (Å²) in [4.78, 5) is 27.4. The summed E-state index contributed by atoms with van der Waals surface area (Å²) in [6.07, 6.45) is -7.77. The molecule has 3 N–H and O–H groups in total. The van der Waals surface area contributed by atoms with Crippen LogP contribution in [0.2, 0.25) is 5.02 Å². The molecule has 3 saturated heterocycles. The normalized spacial score (nSPS) is 38.8. The van der Waals surface area contributed by atoms with Gasteiger partial charge in [0.2, 0.25) is 7.57 Å². The zero-order chi connectivity index (χ0) is 32.8. The number of hydrogen-bond donors (Lipinski definition) is 2. The van der Waals surface area contributed by atoms with E-state index < -0.39 is 76.1 Å². The van der Waals surface area contributed by atoms with Gasteiger partial charge in [-0.2, -0.15) is 0 Å². The van der Waals surface area contributed by atoms with Crippen LogP contribution < -0.4 is 5.73 Å². The van der Waals surface area contributed by atoms with Gasteiger partial charge in [-0.15, -0.1) is 0 Å². The summed E-state index contributed by atoms with van der Waals surface area (Å²) in [5.74, 6) is 0.0519. The maximum absolute atomic E-state index is 16.3. The number of fused-ring (bicyclic) bond motifs is 4. The lowest BCUT2D eigenvalue weighted by Gasteiger charge is -2.34. The van der Waals surface area contributed by atoms with E-state index in [4.69, 9.17) is 64.3 Å². The van der Waals surface area contributed by atoms with E-state index in [2.05, 4.69) is 19.9 Å². The molecular formula is C24H25BClF2N7O8P2S. The molecule has 3 aliphatic heterocycles. The Labute approximate surface area is 270 Å². The molecule has 3 aromatic heterocycles. The largest absolute Gasteiger partial charge is 0.382 e. The Bertz CT molecular complexity index is 1950. The molecule has 6 heterocycles. The summed E-state index contributed by atoms with van der Waals surface area (Å²) in [6.45, 7) is -2.42. The van der Waals surface area contributed by atoms with Gasteiger partial charge in [-0.3, -0.25) is 13.7 Å². The highest BCUT2D eigenvalue weighted by molar-refractivity contribution is 8.07. The lowest BCUT2D eigenvalue weighted by molar-refractivity contribution is -0.112. The van der Waals surface area contributed by atoms with E-state index in [-0.39, 0.29) is 17.0 Å². The predicted molar refractivity (Wildman–Crippen MR) is 163 cm³/mol. The molecule has 4 unspecified atom stereocenters. The first-order valence-electron chi connectivity index (χ1n) is 13.7. The Morgan fingerprint density at radius 1 is 1.13 bits per heavy atom. The van der Waals surface area contributed by atoms with Gasteiger partial charge in [0.15, 0.2) is 36.3 Å². The molecule has 0 saturated carbocycles. The number of benzene rings is 1. The average Bonchev–Trinajstić information content (AvgIpc) is 3.73. The quantitative estimate of drug-likeness (QED) is 0.227. The smallest absolute Gasteiger partial charge is 0.325 e. The van der Waals surface area contributed by atoms with Gasteiger partial charge in [0, 0.05) is 5.02 Å². The van der Waals surface area contributed by atoms with E-state index >= 15 is 8.78 Å². The number of rotatable bonds is 2. The number of anilines is 1. The Morgan fingerprint density at radius 2 is 1.89 bits per heavy atom. The summed E-state index contributed by atoms with van der Waals surface area (Å²) in [6, 6.07) is 3.33. The highest BCUT2D eigenvalue weighted by Gasteiger charge is 2.58.